The minimum absolute atomic E-state index is 0.0614. The van der Waals surface area contributed by atoms with Gasteiger partial charge in [0.1, 0.15) is 18.0 Å². The molecule has 1 aromatic heterocycles. The van der Waals surface area contributed by atoms with E-state index < -0.39 is 17.8 Å². The molecule has 0 radical (unpaired) electrons. The highest BCUT2D eigenvalue weighted by Gasteiger charge is 2.49. The predicted molar refractivity (Wildman–Crippen MR) is 175 cm³/mol. The smallest absolute Gasteiger partial charge is 0.318 e. The van der Waals surface area contributed by atoms with Crippen LogP contribution < -0.4 is 14.5 Å². The number of carbonyl (C=O) groups excluding carboxylic acids is 1. The molecule has 1 saturated heterocycles. The molecule has 3 aliphatic rings. The summed E-state index contributed by atoms with van der Waals surface area (Å²) in [6, 6.07) is 12.0. The van der Waals surface area contributed by atoms with Gasteiger partial charge in [0.15, 0.2) is 5.83 Å². The zero-order chi connectivity index (χ0) is 31.9. The Kier molecular flexibility index (Phi) is 8.59. The van der Waals surface area contributed by atoms with E-state index in [1.54, 1.807) is 0 Å². The molecule has 3 aromatic rings. The minimum atomic E-state index is -1.01. The van der Waals surface area contributed by atoms with Crippen LogP contribution >= 0.6 is 11.6 Å². The van der Waals surface area contributed by atoms with Gasteiger partial charge in [0.05, 0.1) is 17.3 Å². The highest BCUT2D eigenvalue weighted by atomic mass is 35.5. The van der Waals surface area contributed by atoms with Crippen molar-refractivity contribution in [3.8, 4) is 6.01 Å². The summed E-state index contributed by atoms with van der Waals surface area (Å²) < 4.78 is 20.4. The van der Waals surface area contributed by atoms with E-state index in [0.29, 0.717) is 37.1 Å². The van der Waals surface area contributed by atoms with Crippen molar-refractivity contribution in [1.29, 1.82) is 0 Å². The Balaban J connectivity index is 1.36. The summed E-state index contributed by atoms with van der Waals surface area (Å²) in [4.78, 5) is 34.2. The standard InChI is InChI=1S/C34H39ClFN7O2/c1-22(36)32(44)43-17-16-42(19-25(43)18-37-3)31-26-12-15-41(29-11-7-9-24-8-6-10-27(35)30(24)29)20-28(26)38-33(39-31)45-23(2)34(13-14-34)21-40(4)5/h6-11,23,25H,1,12-21H2,2,4-5H3/t23-,25-/m0/s1. The second-order valence-corrected chi connectivity index (χ2v) is 13.2. The van der Waals surface area contributed by atoms with Crippen LogP contribution in [0.25, 0.3) is 15.6 Å². The Bertz CT molecular complexity index is 1660. The molecule has 6 rings (SSSR count). The van der Waals surface area contributed by atoms with Crippen LogP contribution in [0.15, 0.2) is 48.8 Å². The van der Waals surface area contributed by atoms with Gasteiger partial charge in [-0.3, -0.25) is 4.79 Å². The minimum Gasteiger partial charge on any atom is -0.460 e. The quantitative estimate of drug-likeness (QED) is 0.232. The van der Waals surface area contributed by atoms with Crippen molar-refractivity contribution in [3.63, 3.8) is 0 Å². The molecule has 1 aliphatic carbocycles. The SMILES string of the molecule is [C-]#[N+]C[C@H]1CN(c2nc(O[C@@H](C)C3(CN(C)C)CC3)nc3c2CCN(c2cccc4cccc(Cl)c24)C3)CCN1C(=O)C(=C)F. The average molecular weight is 632 g/mol. The van der Waals surface area contributed by atoms with E-state index in [-0.39, 0.29) is 24.6 Å². The third-order valence-electron chi connectivity index (χ3n) is 9.44. The van der Waals surface area contributed by atoms with Crippen LogP contribution in [0.1, 0.15) is 31.0 Å². The molecular formula is C34H39ClFN7O2. The van der Waals surface area contributed by atoms with Crippen molar-refractivity contribution in [2.24, 2.45) is 5.41 Å². The first kappa shape index (κ1) is 31.1. The Morgan fingerprint density at radius 2 is 1.96 bits per heavy atom. The summed E-state index contributed by atoms with van der Waals surface area (Å²) in [5.74, 6) is -1.01. The van der Waals surface area contributed by atoms with Gasteiger partial charge >= 0.3 is 6.01 Å². The van der Waals surface area contributed by atoms with Crippen molar-refractivity contribution in [2.75, 3.05) is 63.2 Å². The number of amides is 1. The summed E-state index contributed by atoms with van der Waals surface area (Å²) in [5, 5.41) is 2.80. The van der Waals surface area contributed by atoms with Crippen molar-refractivity contribution in [2.45, 2.75) is 44.9 Å². The molecule has 236 valence electrons. The number of benzene rings is 2. The fourth-order valence-electron chi connectivity index (χ4n) is 6.95. The highest BCUT2D eigenvalue weighted by molar-refractivity contribution is 6.36. The van der Waals surface area contributed by atoms with Gasteiger partial charge < -0.3 is 29.2 Å². The van der Waals surface area contributed by atoms with Gasteiger partial charge in [-0.25, -0.2) is 11.0 Å². The molecule has 1 saturated carbocycles. The van der Waals surface area contributed by atoms with E-state index in [1.807, 2.05) is 12.1 Å². The molecule has 0 unspecified atom stereocenters. The van der Waals surface area contributed by atoms with Crippen LogP contribution in [0, 0.1) is 12.0 Å². The van der Waals surface area contributed by atoms with Gasteiger partial charge in [-0.1, -0.05) is 42.4 Å². The van der Waals surface area contributed by atoms with Crippen LogP contribution in [0.3, 0.4) is 0 Å². The van der Waals surface area contributed by atoms with Crippen molar-refractivity contribution < 1.29 is 13.9 Å². The number of halogens is 2. The lowest BCUT2D eigenvalue weighted by molar-refractivity contribution is -0.131. The van der Waals surface area contributed by atoms with Crippen LogP contribution in [0.2, 0.25) is 5.02 Å². The maximum Gasteiger partial charge on any atom is 0.318 e. The number of hydrogen-bond donors (Lipinski definition) is 0. The molecule has 9 nitrogen and oxygen atoms in total. The Morgan fingerprint density at radius 3 is 2.64 bits per heavy atom. The molecule has 2 fully saturated rings. The number of hydrogen-bond acceptors (Lipinski definition) is 7. The van der Waals surface area contributed by atoms with E-state index in [4.69, 9.17) is 32.9 Å². The van der Waals surface area contributed by atoms with Gasteiger partial charge in [-0.05, 0) is 57.8 Å². The first-order valence-electron chi connectivity index (χ1n) is 15.5. The Hall–Kier alpha value is -3.94. The van der Waals surface area contributed by atoms with E-state index in [9.17, 15) is 9.18 Å². The number of anilines is 2. The van der Waals surface area contributed by atoms with Crippen LogP contribution in [0.5, 0.6) is 6.01 Å². The molecule has 11 heteroatoms. The van der Waals surface area contributed by atoms with Crippen molar-refractivity contribution in [1.82, 2.24) is 19.8 Å². The molecule has 0 bridgehead atoms. The fourth-order valence-corrected chi connectivity index (χ4v) is 7.23. The highest BCUT2D eigenvalue weighted by Crippen LogP contribution is 2.50. The normalized spacial score (nSPS) is 19.7. The number of nitrogens with zero attached hydrogens (tertiary/aromatic N) is 7. The maximum absolute atomic E-state index is 13.9. The number of fused-ring (bicyclic) bond motifs is 2. The summed E-state index contributed by atoms with van der Waals surface area (Å²) in [7, 11) is 4.16. The Morgan fingerprint density at radius 1 is 1.20 bits per heavy atom. The lowest BCUT2D eigenvalue weighted by atomic mass is 10.00. The predicted octanol–water partition coefficient (Wildman–Crippen LogP) is 5.37. The Labute approximate surface area is 269 Å². The lowest BCUT2D eigenvalue weighted by Crippen LogP contribution is -2.57. The third kappa shape index (κ3) is 6.16. The van der Waals surface area contributed by atoms with E-state index in [1.165, 1.54) is 4.90 Å². The van der Waals surface area contributed by atoms with E-state index >= 15 is 0 Å². The van der Waals surface area contributed by atoms with Gasteiger partial charge in [0.25, 0.3) is 5.91 Å². The summed E-state index contributed by atoms with van der Waals surface area (Å²) in [5.41, 5.74) is 3.03. The monoisotopic (exact) mass is 631 g/mol. The van der Waals surface area contributed by atoms with E-state index in [2.05, 4.69) is 71.4 Å². The van der Waals surface area contributed by atoms with Gasteiger partial charge in [0, 0.05) is 54.8 Å². The molecule has 3 heterocycles. The topological polar surface area (TPSA) is 69.4 Å². The maximum atomic E-state index is 13.9. The zero-order valence-electron chi connectivity index (χ0n) is 26.1. The largest absolute Gasteiger partial charge is 0.460 e. The average Bonchev–Trinajstić information content (AvgIpc) is 3.80. The summed E-state index contributed by atoms with van der Waals surface area (Å²) in [6.45, 7) is 16.1. The second kappa shape index (κ2) is 12.5. The molecule has 2 atom stereocenters. The fraction of sp³-hybridized carbons (Fsp3) is 0.471. The van der Waals surface area contributed by atoms with Crippen molar-refractivity contribution >= 4 is 39.8 Å². The van der Waals surface area contributed by atoms with Crippen LogP contribution in [0.4, 0.5) is 15.9 Å². The van der Waals surface area contributed by atoms with Gasteiger partial charge in [-0.15, -0.1) is 0 Å². The molecule has 1 amide bonds. The first-order valence-corrected chi connectivity index (χ1v) is 15.8. The second-order valence-electron chi connectivity index (χ2n) is 12.7. The molecule has 0 N–H and O–H groups in total. The van der Waals surface area contributed by atoms with E-state index in [0.717, 1.165) is 59.5 Å². The number of ether oxygens (including phenoxy) is 1. The summed E-state index contributed by atoms with van der Waals surface area (Å²) >= 11 is 6.71. The molecule has 45 heavy (non-hydrogen) atoms. The number of carbonyl (C=O) groups is 1. The third-order valence-corrected chi connectivity index (χ3v) is 9.76. The van der Waals surface area contributed by atoms with Gasteiger partial charge in [-0.2, -0.15) is 9.97 Å². The van der Waals surface area contributed by atoms with Crippen LogP contribution in [-0.2, 0) is 17.8 Å². The van der Waals surface area contributed by atoms with Crippen molar-refractivity contribution in [3.05, 3.63) is 76.5 Å². The number of piperazine rings is 1. The number of rotatable bonds is 9. The molecule has 2 aromatic carbocycles. The zero-order valence-corrected chi connectivity index (χ0v) is 26.9. The molecule has 2 aliphatic heterocycles. The lowest BCUT2D eigenvalue weighted by Gasteiger charge is -2.41. The van der Waals surface area contributed by atoms with Crippen LogP contribution in [-0.4, -0.2) is 91.2 Å². The van der Waals surface area contributed by atoms with Gasteiger partial charge in [0.2, 0.25) is 6.54 Å². The first-order chi connectivity index (χ1) is 21.6. The molecular weight excluding hydrogens is 593 g/mol. The number of aromatic nitrogens is 2. The molecule has 0 spiro atoms. The summed E-state index contributed by atoms with van der Waals surface area (Å²) in [6.07, 6.45) is 2.80.